The van der Waals surface area contributed by atoms with E-state index in [2.05, 4.69) is 10.3 Å². The average Bonchev–Trinajstić information content (AvgIpc) is 2.94. The fraction of sp³-hybridized carbons (Fsp3) is 0.308. The molecule has 20 heavy (non-hydrogen) atoms. The number of nitrogens with one attached hydrogen (secondary N) is 1. The van der Waals surface area contributed by atoms with E-state index in [-0.39, 0.29) is 4.90 Å². The number of fused-ring (bicyclic) bond motifs is 1. The van der Waals surface area contributed by atoms with Gasteiger partial charge in [0.05, 0.1) is 4.90 Å². The quantitative estimate of drug-likeness (QED) is 0.941. The van der Waals surface area contributed by atoms with Crippen molar-refractivity contribution < 1.29 is 8.42 Å². The predicted octanol–water partition coefficient (Wildman–Crippen LogP) is 1.93. The third-order valence-electron chi connectivity index (χ3n) is 3.40. The summed E-state index contributed by atoms with van der Waals surface area (Å²) in [6.45, 7) is 0.992. The molecule has 3 heterocycles. The van der Waals surface area contributed by atoms with Gasteiger partial charge in [0.15, 0.2) is 0 Å². The van der Waals surface area contributed by atoms with Gasteiger partial charge in [-0.1, -0.05) is 0 Å². The minimum absolute atomic E-state index is 0.288. The number of anilines is 1. The summed E-state index contributed by atoms with van der Waals surface area (Å²) in [6, 6.07) is 5.12. The Hall–Kier alpha value is -1.44. The summed E-state index contributed by atoms with van der Waals surface area (Å²) < 4.78 is 26.9. The van der Waals surface area contributed by atoms with Crippen LogP contribution < -0.4 is 5.32 Å². The molecule has 7 heteroatoms. The third kappa shape index (κ3) is 2.32. The lowest BCUT2D eigenvalue weighted by atomic mass is 10.1. The maximum atomic E-state index is 12.7. The van der Waals surface area contributed by atoms with E-state index in [1.165, 1.54) is 15.4 Å². The van der Waals surface area contributed by atoms with Gasteiger partial charge in [0.1, 0.15) is 5.82 Å². The molecule has 0 amide bonds. The molecule has 0 bridgehead atoms. The van der Waals surface area contributed by atoms with Crippen LogP contribution in [-0.4, -0.2) is 31.3 Å². The van der Waals surface area contributed by atoms with E-state index >= 15 is 0 Å². The third-order valence-corrected chi connectivity index (χ3v) is 6.26. The van der Waals surface area contributed by atoms with Crippen molar-refractivity contribution in [1.29, 1.82) is 0 Å². The Balaban J connectivity index is 1.93. The van der Waals surface area contributed by atoms with Crippen LogP contribution in [0.4, 0.5) is 5.82 Å². The molecule has 1 aliphatic heterocycles. The lowest BCUT2D eigenvalue weighted by Crippen LogP contribution is -2.35. The van der Waals surface area contributed by atoms with Crippen LogP contribution >= 0.6 is 11.3 Å². The van der Waals surface area contributed by atoms with Gasteiger partial charge in [0.25, 0.3) is 0 Å². The number of nitrogens with zero attached hydrogens (tertiary/aromatic N) is 2. The molecule has 1 aliphatic rings. The Morgan fingerprint density at radius 2 is 2.25 bits per heavy atom. The second-order valence-electron chi connectivity index (χ2n) is 4.58. The highest BCUT2D eigenvalue weighted by molar-refractivity contribution is 7.89. The Labute approximate surface area is 122 Å². The second kappa shape index (κ2) is 5.16. The summed E-state index contributed by atoms with van der Waals surface area (Å²) in [5.74, 6) is 0.555. The van der Waals surface area contributed by atoms with E-state index in [9.17, 15) is 8.42 Å². The minimum Gasteiger partial charge on any atom is -0.373 e. The van der Waals surface area contributed by atoms with Crippen molar-refractivity contribution in [2.24, 2.45) is 0 Å². The van der Waals surface area contributed by atoms with Crippen molar-refractivity contribution in [3.8, 4) is 0 Å². The van der Waals surface area contributed by atoms with Crippen LogP contribution in [0.2, 0.25) is 0 Å². The first kappa shape index (κ1) is 13.5. The molecule has 0 radical (unpaired) electrons. The second-order valence-corrected chi connectivity index (χ2v) is 7.52. The Kier molecular flexibility index (Phi) is 3.49. The topological polar surface area (TPSA) is 62.3 Å². The standard InChI is InChI=1S/C13H15N3O2S2/c1-14-13-8-11(2-5-15-13)20(17,18)16-6-3-12-10(9-16)4-7-19-12/h2,4-5,7-8H,3,6,9H2,1H3,(H,14,15). The summed E-state index contributed by atoms with van der Waals surface area (Å²) in [7, 11) is -1.74. The van der Waals surface area contributed by atoms with Crippen molar-refractivity contribution >= 4 is 27.2 Å². The highest BCUT2D eigenvalue weighted by Crippen LogP contribution is 2.28. The molecule has 3 rings (SSSR count). The lowest BCUT2D eigenvalue weighted by molar-refractivity contribution is 0.394. The van der Waals surface area contributed by atoms with Crippen LogP contribution in [-0.2, 0) is 23.0 Å². The molecule has 0 atom stereocenters. The molecule has 0 spiro atoms. The van der Waals surface area contributed by atoms with Crippen molar-refractivity contribution in [2.75, 3.05) is 18.9 Å². The van der Waals surface area contributed by atoms with Crippen LogP contribution in [0.1, 0.15) is 10.4 Å². The van der Waals surface area contributed by atoms with Gasteiger partial charge in [-0.3, -0.25) is 0 Å². The van der Waals surface area contributed by atoms with Crippen LogP contribution in [0.25, 0.3) is 0 Å². The van der Waals surface area contributed by atoms with Crippen molar-refractivity contribution in [2.45, 2.75) is 17.9 Å². The number of thiophene rings is 1. The van der Waals surface area contributed by atoms with Gasteiger partial charge in [-0.15, -0.1) is 11.3 Å². The summed E-state index contributed by atoms with van der Waals surface area (Å²) in [6.07, 6.45) is 2.30. The molecule has 2 aromatic heterocycles. The first-order valence-corrected chi connectivity index (χ1v) is 8.62. The zero-order chi connectivity index (χ0) is 14.2. The van der Waals surface area contributed by atoms with E-state index in [1.807, 2.05) is 11.4 Å². The van der Waals surface area contributed by atoms with Crippen LogP contribution in [0.5, 0.6) is 0 Å². The monoisotopic (exact) mass is 309 g/mol. The zero-order valence-corrected chi connectivity index (χ0v) is 12.7. The predicted molar refractivity (Wildman–Crippen MR) is 79.4 cm³/mol. The van der Waals surface area contributed by atoms with Gasteiger partial charge >= 0.3 is 0 Å². The fourth-order valence-electron chi connectivity index (χ4n) is 2.29. The van der Waals surface area contributed by atoms with Gasteiger partial charge < -0.3 is 5.32 Å². The summed E-state index contributed by atoms with van der Waals surface area (Å²) >= 11 is 1.70. The molecule has 2 aromatic rings. The van der Waals surface area contributed by atoms with Crippen LogP contribution in [0, 0.1) is 0 Å². The van der Waals surface area contributed by atoms with Gasteiger partial charge in [0.2, 0.25) is 10.0 Å². The number of rotatable bonds is 3. The van der Waals surface area contributed by atoms with Crippen molar-refractivity contribution in [3.63, 3.8) is 0 Å². The van der Waals surface area contributed by atoms with Gasteiger partial charge in [0, 0.05) is 37.3 Å². The molecule has 0 saturated heterocycles. The molecule has 0 aromatic carbocycles. The molecule has 106 valence electrons. The maximum Gasteiger partial charge on any atom is 0.243 e. The van der Waals surface area contributed by atoms with Crippen LogP contribution in [0.15, 0.2) is 34.7 Å². The number of aromatic nitrogens is 1. The highest BCUT2D eigenvalue weighted by Gasteiger charge is 2.29. The molecule has 0 fully saturated rings. The largest absolute Gasteiger partial charge is 0.373 e. The lowest BCUT2D eigenvalue weighted by Gasteiger charge is -2.26. The molecule has 1 N–H and O–H groups in total. The van der Waals surface area contributed by atoms with Gasteiger partial charge in [-0.2, -0.15) is 4.31 Å². The summed E-state index contributed by atoms with van der Waals surface area (Å²) in [5.41, 5.74) is 1.12. The minimum atomic E-state index is -3.46. The number of hydrogen-bond acceptors (Lipinski definition) is 5. The van der Waals surface area contributed by atoms with Crippen LogP contribution in [0.3, 0.4) is 0 Å². The Morgan fingerprint density at radius 3 is 3.05 bits per heavy atom. The van der Waals surface area contributed by atoms with E-state index in [0.29, 0.717) is 18.9 Å². The summed E-state index contributed by atoms with van der Waals surface area (Å²) in [5, 5.41) is 4.88. The maximum absolute atomic E-state index is 12.7. The van der Waals surface area contributed by atoms with Gasteiger partial charge in [-0.25, -0.2) is 13.4 Å². The van der Waals surface area contributed by atoms with E-state index in [4.69, 9.17) is 0 Å². The molecule has 0 unspecified atom stereocenters. The smallest absolute Gasteiger partial charge is 0.243 e. The van der Waals surface area contributed by atoms with Crippen molar-refractivity contribution in [1.82, 2.24) is 9.29 Å². The molecule has 0 saturated carbocycles. The fourth-order valence-corrected chi connectivity index (χ4v) is 4.61. The Morgan fingerprint density at radius 1 is 1.40 bits per heavy atom. The summed E-state index contributed by atoms with van der Waals surface area (Å²) in [4.78, 5) is 5.63. The van der Waals surface area contributed by atoms with E-state index in [1.54, 1.807) is 30.5 Å². The highest BCUT2D eigenvalue weighted by atomic mass is 32.2. The van der Waals surface area contributed by atoms with E-state index < -0.39 is 10.0 Å². The molecular formula is C13H15N3O2S2. The first-order valence-electron chi connectivity index (χ1n) is 6.30. The normalized spacial score (nSPS) is 15.8. The van der Waals surface area contributed by atoms with Gasteiger partial charge in [-0.05, 0) is 29.5 Å². The number of hydrogen-bond donors (Lipinski definition) is 1. The Bertz CT molecular complexity index is 725. The average molecular weight is 309 g/mol. The molecule has 0 aliphatic carbocycles. The molecule has 5 nitrogen and oxygen atoms in total. The number of sulfonamides is 1. The first-order chi connectivity index (χ1) is 9.61. The molecular weight excluding hydrogens is 294 g/mol. The van der Waals surface area contributed by atoms with E-state index in [0.717, 1.165) is 12.0 Å². The number of pyridine rings is 1. The SMILES string of the molecule is CNc1cc(S(=O)(=O)N2CCc3sccc3C2)ccn1. The van der Waals surface area contributed by atoms with Crippen molar-refractivity contribution in [3.05, 3.63) is 40.2 Å². The zero-order valence-electron chi connectivity index (χ0n) is 11.0.